The Hall–Kier alpha value is -1.26. The molecule has 7 aliphatic rings. The Balaban J connectivity index is 1.32. The molecule has 1 aromatic rings. The first-order chi connectivity index (χ1) is 16.4. The number of hydroxylamine groups is 2. The third-order valence-electron chi connectivity index (χ3n) is 9.63. The van der Waals surface area contributed by atoms with Crippen molar-refractivity contribution < 1.29 is 33.6 Å². The van der Waals surface area contributed by atoms with E-state index in [-0.39, 0.29) is 17.9 Å². The van der Waals surface area contributed by atoms with Crippen LogP contribution in [0, 0.1) is 17.8 Å². The molecule has 6 aliphatic heterocycles. The zero-order chi connectivity index (χ0) is 23.3. The molecule has 1 aromatic carbocycles. The minimum atomic E-state index is -0.799. The smallest absolute Gasteiger partial charge is 0.201 e. The summed E-state index contributed by atoms with van der Waals surface area (Å²) in [5.41, 5.74) is 1.23. The summed E-state index contributed by atoms with van der Waals surface area (Å²) in [5.74, 6) is 0.886. The van der Waals surface area contributed by atoms with E-state index in [0.717, 1.165) is 50.8 Å². The average Bonchev–Trinajstić information content (AvgIpc) is 3.09. The van der Waals surface area contributed by atoms with Crippen LogP contribution in [0.25, 0.3) is 0 Å². The quantitative estimate of drug-likeness (QED) is 0.600. The molecule has 5 saturated heterocycles. The van der Waals surface area contributed by atoms with Gasteiger partial charge in [-0.2, -0.15) is 5.06 Å². The number of hydrogen-bond acceptors (Lipinski definition) is 8. The topological polar surface area (TPSA) is 67.9 Å². The summed E-state index contributed by atoms with van der Waals surface area (Å²) < 4.78 is 24.6. The maximum atomic E-state index is 6.95. The maximum Gasteiger partial charge on any atom is 0.201 e. The summed E-state index contributed by atoms with van der Waals surface area (Å²) >= 11 is 0. The number of ether oxygens (including phenoxy) is 4. The third kappa shape index (κ3) is 2.73. The SMILES string of the molecule is COc1ccc2c(c1)CCN1O[C@@]3(C[C@H]21)[C@@H](OC)O[C@@H]1O[C@@]2(C)CC[C@H]4[C@H](C)CC[C@@H]3[C@@]14OO2. The van der Waals surface area contributed by atoms with Gasteiger partial charge in [0.1, 0.15) is 11.4 Å². The molecule has 0 unspecified atom stereocenters. The van der Waals surface area contributed by atoms with Crippen LogP contribution in [0.3, 0.4) is 0 Å². The fraction of sp³-hybridized carbons (Fsp3) is 0.769. The molecule has 6 heterocycles. The van der Waals surface area contributed by atoms with Gasteiger partial charge in [0.2, 0.25) is 5.79 Å². The zero-order valence-corrected chi connectivity index (χ0v) is 20.5. The molecule has 9 atom stereocenters. The van der Waals surface area contributed by atoms with Crippen molar-refractivity contribution in [1.82, 2.24) is 5.06 Å². The predicted molar refractivity (Wildman–Crippen MR) is 119 cm³/mol. The summed E-state index contributed by atoms with van der Waals surface area (Å²) in [6.45, 7) is 5.09. The number of methoxy groups -OCH3 is 2. The Labute approximate surface area is 200 Å². The molecular weight excluding hydrogens is 438 g/mol. The summed E-state index contributed by atoms with van der Waals surface area (Å²) in [6, 6.07) is 6.52. The lowest BCUT2D eigenvalue weighted by molar-refractivity contribution is -0.586. The van der Waals surface area contributed by atoms with Crippen LogP contribution in [0.2, 0.25) is 0 Å². The molecule has 1 saturated carbocycles. The molecule has 186 valence electrons. The first-order valence-corrected chi connectivity index (χ1v) is 12.8. The Kier molecular flexibility index (Phi) is 4.77. The zero-order valence-electron chi connectivity index (χ0n) is 20.5. The van der Waals surface area contributed by atoms with Crippen molar-refractivity contribution in [2.24, 2.45) is 17.8 Å². The molecule has 0 amide bonds. The second-order valence-corrected chi connectivity index (χ2v) is 11.3. The largest absolute Gasteiger partial charge is 0.497 e. The number of nitrogens with zero attached hydrogens (tertiary/aromatic N) is 1. The number of rotatable bonds is 2. The van der Waals surface area contributed by atoms with Crippen LogP contribution in [0.15, 0.2) is 18.2 Å². The summed E-state index contributed by atoms with van der Waals surface area (Å²) in [6.07, 6.45) is 4.42. The minimum Gasteiger partial charge on any atom is -0.497 e. The van der Waals surface area contributed by atoms with Gasteiger partial charge in [-0.15, -0.1) is 0 Å². The van der Waals surface area contributed by atoms with Crippen molar-refractivity contribution >= 4 is 0 Å². The molecule has 34 heavy (non-hydrogen) atoms. The van der Waals surface area contributed by atoms with Gasteiger partial charge in [0.15, 0.2) is 18.2 Å². The Morgan fingerprint density at radius 1 is 1.12 bits per heavy atom. The Morgan fingerprint density at radius 3 is 2.82 bits per heavy atom. The minimum absolute atomic E-state index is 0.0276. The van der Waals surface area contributed by atoms with Crippen molar-refractivity contribution in [3.63, 3.8) is 0 Å². The molecule has 0 aromatic heterocycles. The molecule has 8 nitrogen and oxygen atoms in total. The first kappa shape index (κ1) is 22.0. The van der Waals surface area contributed by atoms with E-state index in [1.807, 2.05) is 13.0 Å². The van der Waals surface area contributed by atoms with E-state index in [2.05, 4.69) is 24.1 Å². The van der Waals surface area contributed by atoms with Gasteiger partial charge in [-0.05, 0) is 67.7 Å². The van der Waals surface area contributed by atoms with Gasteiger partial charge >= 0.3 is 0 Å². The van der Waals surface area contributed by atoms with E-state index in [4.69, 9.17) is 33.6 Å². The highest BCUT2D eigenvalue weighted by Gasteiger charge is 2.76. The molecule has 6 fully saturated rings. The van der Waals surface area contributed by atoms with Gasteiger partial charge in [-0.1, -0.05) is 13.0 Å². The highest BCUT2D eigenvalue weighted by atomic mass is 17.3. The van der Waals surface area contributed by atoms with Crippen molar-refractivity contribution in [1.29, 1.82) is 0 Å². The molecule has 8 rings (SSSR count). The van der Waals surface area contributed by atoms with E-state index in [1.54, 1.807) is 14.2 Å². The van der Waals surface area contributed by atoms with Gasteiger partial charge in [0.05, 0.1) is 13.2 Å². The van der Waals surface area contributed by atoms with E-state index in [0.29, 0.717) is 5.92 Å². The van der Waals surface area contributed by atoms with E-state index in [1.165, 1.54) is 11.1 Å². The molecule has 8 heteroatoms. The van der Waals surface area contributed by atoms with Crippen LogP contribution in [0.5, 0.6) is 5.75 Å². The molecular formula is C26H35NO7. The van der Waals surface area contributed by atoms with E-state index < -0.39 is 29.6 Å². The summed E-state index contributed by atoms with van der Waals surface area (Å²) in [4.78, 5) is 19.4. The Morgan fingerprint density at radius 2 is 2.00 bits per heavy atom. The highest BCUT2D eigenvalue weighted by molar-refractivity contribution is 5.40. The average molecular weight is 474 g/mol. The fourth-order valence-corrected chi connectivity index (χ4v) is 8.01. The number of fused-ring (bicyclic) bond motifs is 6. The molecule has 1 aliphatic carbocycles. The van der Waals surface area contributed by atoms with Crippen LogP contribution < -0.4 is 4.74 Å². The van der Waals surface area contributed by atoms with Gasteiger partial charge in [0, 0.05) is 32.4 Å². The lowest BCUT2D eigenvalue weighted by Gasteiger charge is -2.62. The Bertz CT molecular complexity index is 990. The molecule has 0 N–H and O–H groups in total. The number of benzene rings is 1. The van der Waals surface area contributed by atoms with Crippen molar-refractivity contribution in [2.75, 3.05) is 20.8 Å². The first-order valence-electron chi connectivity index (χ1n) is 12.8. The standard InChI is InChI=1S/C26H35NO7/c1-15-5-8-21-25(14-20-18-7-6-17(28-3)13-16(18)10-12-27(20)32-25)22(29-4)30-23-26(21)19(15)9-11-24(2,31-23)33-34-26/h6-7,13,15,19-23H,5,8-12,14H2,1-4H3/t15-,19+,20-,21+,22+,23-,24-,25-,26-/m1/s1. The maximum absolute atomic E-state index is 6.95. The fourth-order valence-electron chi connectivity index (χ4n) is 8.01. The van der Waals surface area contributed by atoms with Crippen LogP contribution in [-0.2, 0) is 35.2 Å². The summed E-state index contributed by atoms with van der Waals surface area (Å²) in [5, 5.41) is 2.15. The van der Waals surface area contributed by atoms with Gasteiger partial charge < -0.3 is 18.9 Å². The predicted octanol–water partition coefficient (Wildman–Crippen LogP) is 3.89. The van der Waals surface area contributed by atoms with Crippen molar-refractivity contribution in [2.45, 2.75) is 88.0 Å². The van der Waals surface area contributed by atoms with Crippen LogP contribution >= 0.6 is 0 Å². The highest BCUT2D eigenvalue weighted by Crippen LogP contribution is 2.65. The molecule has 0 radical (unpaired) electrons. The second kappa shape index (κ2) is 7.38. The summed E-state index contributed by atoms with van der Waals surface area (Å²) in [7, 11) is 3.43. The van der Waals surface area contributed by atoms with E-state index >= 15 is 0 Å². The van der Waals surface area contributed by atoms with E-state index in [9.17, 15) is 0 Å². The van der Waals surface area contributed by atoms with Crippen LogP contribution in [-0.4, -0.2) is 55.4 Å². The normalized spacial score (nSPS) is 49.3. The van der Waals surface area contributed by atoms with Crippen molar-refractivity contribution in [3.05, 3.63) is 29.3 Å². The van der Waals surface area contributed by atoms with Gasteiger partial charge in [0.25, 0.3) is 0 Å². The third-order valence-corrected chi connectivity index (χ3v) is 9.63. The molecule has 2 spiro atoms. The van der Waals surface area contributed by atoms with Gasteiger partial charge in [-0.25, -0.2) is 9.78 Å². The number of hydrogen-bond donors (Lipinski definition) is 0. The van der Waals surface area contributed by atoms with Crippen LogP contribution in [0.4, 0.5) is 0 Å². The van der Waals surface area contributed by atoms with Crippen molar-refractivity contribution in [3.8, 4) is 5.75 Å². The van der Waals surface area contributed by atoms with Gasteiger partial charge in [-0.3, -0.25) is 4.84 Å². The molecule has 2 bridgehead atoms. The lowest BCUT2D eigenvalue weighted by Crippen LogP contribution is -2.76. The van der Waals surface area contributed by atoms with Crippen LogP contribution in [0.1, 0.15) is 63.1 Å². The lowest BCUT2D eigenvalue weighted by atomic mass is 9.55. The monoisotopic (exact) mass is 473 g/mol. The second-order valence-electron chi connectivity index (χ2n) is 11.3.